The average Bonchev–Trinajstić information content (AvgIpc) is 2.21. The van der Waals surface area contributed by atoms with Gasteiger partial charge in [-0.15, -0.1) is 0 Å². The fourth-order valence-corrected chi connectivity index (χ4v) is 2.15. The Hall–Kier alpha value is 0.01000. The molecule has 0 aromatic heterocycles. The van der Waals surface area contributed by atoms with E-state index in [1.807, 2.05) is 11.8 Å². The lowest BCUT2D eigenvalue weighted by Crippen LogP contribution is -2.31. The molecule has 1 nitrogen and oxygen atoms in total. The van der Waals surface area contributed by atoms with Gasteiger partial charge in [0.15, 0.2) is 0 Å². The first-order valence-electron chi connectivity index (χ1n) is 5.45. The summed E-state index contributed by atoms with van der Waals surface area (Å²) in [6, 6.07) is 6.44. The van der Waals surface area contributed by atoms with E-state index >= 15 is 0 Å². The smallest absolute Gasteiger partial charge is 0.0225 e. The molecule has 0 amide bonds. The van der Waals surface area contributed by atoms with Crippen molar-refractivity contribution in [3.63, 3.8) is 0 Å². The highest BCUT2D eigenvalue weighted by molar-refractivity contribution is 9.10. The molecule has 16 heavy (non-hydrogen) atoms. The van der Waals surface area contributed by atoms with Crippen LogP contribution < -0.4 is 5.32 Å². The predicted octanol–water partition coefficient (Wildman–Crippen LogP) is 3.99. The zero-order chi connectivity index (χ0) is 12.2. The van der Waals surface area contributed by atoms with Gasteiger partial charge >= 0.3 is 0 Å². The Morgan fingerprint density at radius 3 is 2.62 bits per heavy atom. The van der Waals surface area contributed by atoms with Crippen molar-refractivity contribution in [3.05, 3.63) is 33.8 Å². The summed E-state index contributed by atoms with van der Waals surface area (Å²) in [4.78, 5) is 0. The second-order valence-corrected chi connectivity index (χ2v) is 7.07. The van der Waals surface area contributed by atoms with Crippen LogP contribution in [0.3, 0.4) is 0 Å². The minimum Gasteiger partial charge on any atom is -0.311 e. The molecule has 0 aliphatic carbocycles. The second kappa shape index (κ2) is 6.08. The largest absolute Gasteiger partial charge is 0.311 e. The SMILES string of the molecule is CSC(C)(C)CNCc1ccc(Br)cc1C. The Bertz CT molecular complexity index is 350. The van der Waals surface area contributed by atoms with Crippen LogP contribution in [0.25, 0.3) is 0 Å². The summed E-state index contributed by atoms with van der Waals surface area (Å²) in [5.41, 5.74) is 2.71. The van der Waals surface area contributed by atoms with E-state index in [9.17, 15) is 0 Å². The monoisotopic (exact) mass is 301 g/mol. The molecule has 0 atom stereocenters. The summed E-state index contributed by atoms with van der Waals surface area (Å²) in [5.74, 6) is 0. The quantitative estimate of drug-likeness (QED) is 0.882. The molecule has 0 fully saturated rings. The van der Waals surface area contributed by atoms with Gasteiger partial charge in [-0.05, 0) is 50.3 Å². The molecule has 0 aliphatic rings. The highest BCUT2D eigenvalue weighted by Gasteiger charge is 2.14. The third kappa shape index (κ3) is 4.48. The maximum absolute atomic E-state index is 3.52. The third-order valence-electron chi connectivity index (χ3n) is 2.72. The number of halogens is 1. The van der Waals surface area contributed by atoms with Gasteiger partial charge in [-0.2, -0.15) is 11.8 Å². The molecule has 0 unspecified atom stereocenters. The fourth-order valence-electron chi connectivity index (χ4n) is 1.43. The molecule has 0 spiro atoms. The van der Waals surface area contributed by atoms with Crippen molar-refractivity contribution in [2.75, 3.05) is 12.8 Å². The summed E-state index contributed by atoms with van der Waals surface area (Å²) >= 11 is 5.38. The van der Waals surface area contributed by atoms with E-state index in [1.165, 1.54) is 11.1 Å². The standard InChI is InChI=1S/C13H20BrNS/c1-10-7-12(14)6-5-11(10)8-15-9-13(2,3)16-4/h5-7,15H,8-9H2,1-4H3. The maximum atomic E-state index is 3.52. The van der Waals surface area contributed by atoms with Crippen molar-refractivity contribution in [2.24, 2.45) is 0 Å². The van der Waals surface area contributed by atoms with Crippen molar-refractivity contribution < 1.29 is 0 Å². The van der Waals surface area contributed by atoms with Crippen LogP contribution >= 0.6 is 27.7 Å². The van der Waals surface area contributed by atoms with Gasteiger partial charge in [0, 0.05) is 22.3 Å². The van der Waals surface area contributed by atoms with Gasteiger partial charge in [-0.1, -0.05) is 22.0 Å². The van der Waals surface area contributed by atoms with Crippen molar-refractivity contribution in [1.29, 1.82) is 0 Å². The Morgan fingerprint density at radius 2 is 2.06 bits per heavy atom. The van der Waals surface area contributed by atoms with Crippen molar-refractivity contribution in [3.8, 4) is 0 Å². The van der Waals surface area contributed by atoms with Gasteiger partial charge in [0.05, 0.1) is 0 Å². The maximum Gasteiger partial charge on any atom is 0.0225 e. The molecule has 0 saturated carbocycles. The first-order chi connectivity index (χ1) is 7.44. The summed E-state index contributed by atoms with van der Waals surface area (Å²) in [7, 11) is 0. The van der Waals surface area contributed by atoms with Crippen molar-refractivity contribution >= 4 is 27.7 Å². The van der Waals surface area contributed by atoms with E-state index in [0.29, 0.717) is 4.75 Å². The van der Waals surface area contributed by atoms with Gasteiger partial charge in [0.1, 0.15) is 0 Å². The zero-order valence-electron chi connectivity index (χ0n) is 10.4. The number of rotatable bonds is 5. The number of hydrogen-bond acceptors (Lipinski definition) is 2. The summed E-state index contributed by atoms with van der Waals surface area (Å²) in [6.07, 6.45) is 2.16. The molecular weight excluding hydrogens is 282 g/mol. The average molecular weight is 302 g/mol. The van der Waals surface area contributed by atoms with Crippen LogP contribution in [0.2, 0.25) is 0 Å². The van der Waals surface area contributed by atoms with Crippen LogP contribution in [-0.2, 0) is 6.54 Å². The van der Waals surface area contributed by atoms with Crippen LogP contribution in [0, 0.1) is 6.92 Å². The Balaban J connectivity index is 2.49. The van der Waals surface area contributed by atoms with Gasteiger partial charge in [0.2, 0.25) is 0 Å². The minimum absolute atomic E-state index is 0.309. The summed E-state index contributed by atoms with van der Waals surface area (Å²) in [5, 5.41) is 3.52. The molecule has 1 aromatic rings. The molecule has 90 valence electrons. The molecule has 0 bridgehead atoms. The highest BCUT2D eigenvalue weighted by atomic mass is 79.9. The molecule has 0 heterocycles. The first-order valence-corrected chi connectivity index (χ1v) is 7.47. The molecule has 3 heteroatoms. The first kappa shape index (κ1) is 14.1. The molecule has 0 aliphatic heterocycles. The van der Waals surface area contributed by atoms with E-state index < -0.39 is 0 Å². The second-order valence-electron chi connectivity index (χ2n) is 4.64. The lowest BCUT2D eigenvalue weighted by molar-refractivity contribution is 0.590. The molecule has 1 N–H and O–H groups in total. The fraction of sp³-hybridized carbons (Fsp3) is 0.538. The summed E-state index contributed by atoms with van der Waals surface area (Å²) < 4.78 is 1.46. The molecule has 1 aromatic carbocycles. The van der Waals surface area contributed by atoms with Crippen LogP contribution in [0.4, 0.5) is 0 Å². The van der Waals surface area contributed by atoms with Gasteiger partial charge in [0.25, 0.3) is 0 Å². The van der Waals surface area contributed by atoms with Crippen LogP contribution in [0.15, 0.2) is 22.7 Å². The highest BCUT2D eigenvalue weighted by Crippen LogP contribution is 2.20. The van der Waals surface area contributed by atoms with Crippen LogP contribution in [0.5, 0.6) is 0 Å². The Morgan fingerprint density at radius 1 is 1.38 bits per heavy atom. The van der Waals surface area contributed by atoms with Gasteiger partial charge in [-0.3, -0.25) is 0 Å². The van der Waals surface area contributed by atoms with Crippen molar-refractivity contribution in [1.82, 2.24) is 5.32 Å². The van der Waals surface area contributed by atoms with Gasteiger partial charge in [-0.25, -0.2) is 0 Å². The number of aryl methyl sites for hydroxylation is 1. The van der Waals surface area contributed by atoms with E-state index in [4.69, 9.17) is 0 Å². The predicted molar refractivity (Wildman–Crippen MR) is 78.2 cm³/mol. The third-order valence-corrected chi connectivity index (χ3v) is 4.47. The molecule has 0 saturated heterocycles. The number of hydrogen-bond donors (Lipinski definition) is 1. The molecule has 1 rings (SSSR count). The normalized spacial score (nSPS) is 11.8. The minimum atomic E-state index is 0.309. The van der Waals surface area contributed by atoms with Gasteiger partial charge < -0.3 is 5.32 Å². The Kier molecular flexibility index (Phi) is 5.35. The van der Waals surface area contributed by atoms with E-state index in [-0.39, 0.29) is 0 Å². The molecular formula is C13H20BrNS. The lowest BCUT2D eigenvalue weighted by atomic mass is 10.1. The summed E-state index contributed by atoms with van der Waals surface area (Å²) in [6.45, 7) is 8.66. The topological polar surface area (TPSA) is 12.0 Å². The van der Waals surface area contributed by atoms with E-state index in [0.717, 1.165) is 17.6 Å². The lowest BCUT2D eigenvalue weighted by Gasteiger charge is -2.22. The van der Waals surface area contributed by atoms with Crippen molar-refractivity contribution in [2.45, 2.75) is 32.1 Å². The molecule has 0 radical (unpaired) electrons. The Labute approximate surface area is 112 Å². The number of nitrogens with one attached hydrogen (secondary N) is 1. The zero-order valence-corrected chi connectivity index (χ0v) is 12.8. The van der Waals surface area contributed by atoms with E-state index in [2.05, 4.69) is 66.5 Å². The van der Waals surface area contributed by atoms with Crippen LogP contribution in [0.1, 0.15) is 25.0 Å². The number of thioether (sulfide) groups is 1. The van der Waals surface area contributed by atoms with Crippen LogP contribution in [-0.4, -0.2) is 17.5 Å². The number of benzene rings is 1. The van der Waals surface area contributed by atoms with E-state index in [1.54, 1.807) is 0 Å².